The fourth-order valence-electron chi connectivity index (χ4n) is 2.94. The first-order valence-corrected chi connectivity index (χ1v) is 12.7. The lowest BCUT2D eigenvalue weighted by molar-refractivity contribution is -0.149. The molecule has 3 rings (SSSR count). The van der Waals surface area contributed by atoms with Crippen molar-refractivity contribution in [3.63, 3.8) is 0 Å². The molecule has 0 bridgehead atoms. The minimum Gasteiger partial charge on any atom is -0.456 e. The monoisotopic (exact) mass is 505 g/mol. The zero-order valence-corrected chi connectivity index (χ0v) is 21.3. The second kappa shape index (κ2) is 12.3. The number of benzene rings is 3. The molecule has 36 heavy (non-hydrogen) atoms. The summed E-state index contributed by atoms with van der Waals surface area (Å²) in [5, 5.41) is 9.35. The molecule has 0 aliphatic rings. The van der Waals surface area contributed by atoms with Crippen molar-refractivity contribution >= 4 is 19.9 Å². The molecule has 0 saturated carbocycles. The number of rotatable bonds is 10. The van der Waals surface area contributed by atoms with Crippen molar-refractivity contribution in [2.75, 3.05) is 0 Å². The molecule has 3 aromatic carbocycles. The highest BCUT2D eigenvalue weighted by atomic mass is 31.2. The summed E-state index contributed by atoms with van der Waals surface area (Å²) in [4.78, 5) is 12.2. The standard InChI is InChI=1S/C28H28NO6P/c1-28(2,3)34-27(30)25(19-29)18-22-14-16-26(17-15-22)35-36(31,32-20-23-10-6-4-7-11-23)33-21-24-12-8-5-9-13-24/h4-18H,20-21H2,1-3H3. The van der Waals surface area contributed by atoms with E-state index in [1.165, 1.54) is 6.08 Å². The first-order valence-electron chi connectivity index (χ1n) is 11.3. The molecule has 0 amide bonds. The minimum absolute atomic E-state index is 0.0369. The number of carbonyl (C=O) groups excluding carboxylic acids is 1. The van der Waals surface area contributed by atoms with Crippen LogP contribution in [0.4, 0.5) is 0 Å². The Labute approximate surface area is 211 Å². The van der Waals surface area contributed by atoms with E-state index in [0.717, 1.165) is 11.1 Å². The van der Waals surface area contributed by atoms with Gasteiger partial charge in [0.15, 0.2) is 0 Å². The van der Waals surface area contributed by atoms with Crippen molar-refractivity contribution in [3.05, 3.63) is 107 Å². The van der Waals surface area contributed by atoms with E-state index >= 15 is 0 Å². The van der Waals surface area contributed by atoms with Crippen molar-refractivity contribution < 1.29 is 27.7 Å². The van der Waals surface area contributed by atoms with E-state index < -0.39 is 19.4 Å². The van der Waals surface area contributed by atoms with Crippen LogP contribution in [0.3, 0.4) is 0 Å². The Hall–Kier alpha value is -3.69. The quantitative estimate of drug-likeness (QED) is 0.129. The maximum atomic E-state index is 13.5. The molecule has 0 radical (unpaired) electrons. The Morgan fingerprint density at radius 3 is 1.81 bits per heavy atom. The first-order chi connectivity index (χ1) is 17.2. The molecule has 186 valence electrons. The van der Waals surface area contributed by atoms with Crippen LogP contribution in [0.15, 0.2) is 90.5 Å². The number of nitrogens with zero attached hydrogens (tertiary/aromatic N) is 1. The highest BCUT2D eigenvalue weighted by molar-refractivity contribution is 7.48. The summed E-state index contributed by atoms with van der Waals surface area (Å²) in [5.41, 5.74) is 1.34. The zero-order valence-electron chi connectivity index (χ0n) is 20.4. The lowest BCUT2D eigenvalue weighted by atomic mass is 10.1. The highest BCUT2D eigenvalue weighted by Crippen LogP contribution is 2.51. The average Bonchev–Trinajstić information content (AvgIpc) is 2.86. The summed E-state index contributed by atoms with van der Waals surface area (Å²) < 4.78 is 35.7. The number of nitriles is 1. The molecular weight excluding hydrogens is 477 g/mol. The van der Waals surface area contributed by atoms with Crippen LogP contribution >= 0.6 is 7.82 Å². The predicted octanol–water partition coefficient (Wildman–Crippen LogP) is 6.86. The largest absolute Gasteiger partial charge is 0.530 e. The molecule has 0 aliphatic heterocycles. The van der Waals surface area contributed by atoms with Crippen molar-refractivity contribution in [1.29, 1.82) is 5.26 Å². The van der Waals surface area contributed by atoms with Crippen molar-refractivity contribution in [3.8, 4) is 11.8 Å². The van der Waals surface area contributed by atoms with Gasteiger partial charge in [-0.05, 0) is 55.7 Å². The number of phosphoric acid groups is 1. The zero-order chi connectivity index (χ0) is 26.0. The van der Waals surface area contributed by atoms with Gasteiger partial charge in [0.05, 0.1) is 13.2 Å². The Morgan fingerprint density at radius 1 is 0.861 bits per heavy atom. The second-order valence-corrected chi connectivity index (χ2v) is 10.4. The summed E-state index contributed by atoms with van der Waals surface area (Å²) >= 11 is 0. The first kappa shape index (κ1) is 26.9. The van der Waals surface area contributed by atoms with Crippen molar-refractivity contribution in [2.24, 2.45) is 0 Å². The third-order valence-corrected chi connectivity index (χ3v) is 5.94. The van der Waals surface area contributed by atoms with Gasteiger partial charge in [-0.3, -0.25) is 9.05 Å². The molecule has 0 atom stereocenters. The summed E-state index contributed by atoms with van der Waals surface area (Å²) in [7, 11) is -4.00. The molecule has 0 spiro atoms. The molecule has 3 aromatic rings. The number of esters is 1. The fourth-order valence-corrected chi connectivity index (χ4v) is 4.11. The number of phosphoric ester groups is 1. The van der Waals surface area contributed by atoms with E-state index in [9.17, 15) is 14.6 Å². The maximum absolute atomic E-state index is 13.5. The van der Waals surface area contributed by atoms with Crippen LogP contribution in [0.5, 0.6) is 5.75 Å². The summed E-state index contributed by atoms with van der Waals surface area (Å²) in [5.74, 6) is -0.467. The second-order valence-electron chi connectivity index (χ2n) is 8.80. The van der Waals surface area contributed by atoms with Crippen LogP contribution in [0.25, 0.3) is 6.08 Å². The van der Waals surface area contributed by atoms with E-state index in [0.29, 0.717) is 5.56 Å². The SMILES string of the molecule is CC(C)(C)OC(=O)C(C#N)=Cc1ccc(OP(=O)(OCc2ccccc2)OCc2ccccc2)cc1. The van der Waals surface area contributed by atoms with E-state index in [-0.39, 0.29) is 24.5 Å². The third kappa shape index (κ3) is 8.83. The predicted molar refractivity (Wildman–Crippen MR) is 137 cm³/mol. The van der Waals surface area contributed by atoms with Gasteiger partial charge in [0.2, 0.25) is 0 Å². The summed E-state index contributed by atoms with van der Waals surface area (Å²) in [6.45, 7) is 5.25. The van der Waals surface area contributed by atoms with E-state index in [1.807, 2.05) is 66.7 Å². The Bertz CT molecular complexity index is 1210. The van der Waals surface area contributed by atoms with Gasteiger partial charge in [-0.1, -0.05) is 72.8 Å². The molecule has 0 unspecified atom stereocenters. The van der Waals surface area contributed by atoms with Gasteiger partial charge in [0.1, 0.15) is 23.0 Å². The molecular formula is C28H28NO6P. The third-order valence-electron chi connectivity index (χ3n) is 4.61. The van der Waals surface area contributed by atoms with Crippen LogP contribution in [0, 0.1) is 11.3 Å². The number of ether oxygens (including phenoxy) is 1. The fraction of sp³-hybridized carbons (Fsp3) is 0.214. The van der Waals surface area contributed by atoms with Crippen molar-refractivity contribution in [2.45, 2.75) is 39.6 Å². The van der Waals surface area contributed by atoms with Gasteiger partial charge < -0.3 is 9.26 Å². The topological polar surface area (TPSA) is 94.9 Å². The van der Waals surface area contributed by atoms with Crippen LogP contribution < -0.4 is 4.52 Å². The smallest absolute Gasteiger partial charge is 0.456 e. The number of carbonyl (C=O) groups is 1. The van der Waals surface area contributed by atoms with E-state index in [1.54, 1.807) is 45.0 Å². The molecule has 0 aliphatic carbocycles. The van der Waals surface area contributed by atoms with Gasteiger partial charge in [-0.2, -0.15) is 5.26 Å². The maximum Gasteiger partial charge on any atom is 0.530 e. The molecule has 0 saturated heterocycles. The van der Waals surface area contributed by atoms with Crippen LogP contribution in [0.1, 0.15) is 37.5 Å². The normalized spacial score (nSPS) is 12.0. The van der Waals surface area contributed by atoms with Gasteiger partial charge in [0.25, 0.3) is 0 Å². The van der Waals surface area contributed by atoms with Crippen LogP contribution in [-0.4, -0.2) is 11.6 Å². The number of hydrogen-bond acceptors (Lipinski definition) is 7. The molecule has 0 fully saturated rings. The number of hydrogen-bond donors (Lipinski definition) is 0. The Balaban J connectivity index is 1.74. The van der Waals surface area contributed by atoms with Crippen molar-refractivity contribution in [1.82, 2.24) is 0 Å². The lowest BCUT2D eigenvalue weighted by Gasteiger charge is -2.19. The Morgan fingerprint density at radius 2 is 1.36 bits per heavy atom. The Kier molecular flexibility index (Phi) is 9.21. The molecule has 0 heterocycles. The lowest BCUT2D eigenvalue weighted by Crippen LogP contribution is -2.24. The summed E-state index contributed by atoms with van der Waals surface area (Å²) in [6.07, 6.45) is 1.41. The van der Waals surface area contributed by atoms with Crippen LogP contribution in [-0.2, 0) is 36.4 Å². The van der Waals surface area contributed by atoms with Gasteiger partial charge in [-0.15, -0.1) is 0 Å². The molecule has 8 heteroatoms. The highest BCUT2D eigenvalue weighted by Gasteiger charge is 2.29. The summed E-state index contributed by atoms with van der Waals surface area (Å²) in [6, 6.07) is 26.8. The minimum atomic E-state index is -4.00. The van der Waals surface area contributed by atoms with Crippen LogP contribution in [0.2, 0.25) is 0 Å². The van der Waals surface area contributed by atoms with E-state index in [4.69, 9.17) is 18.3 Å². The van der Waals surface area contributed by atoms with Gasteiger partial charge >= 0.3 is 13.8 Å². The molecule has 0 aromatic heterocycles. The van der Waals surface area contributed by atoms with Gasteiger partial charge in [-0.25, -0.2) is 9.36 Å². The van der Waals surface area contributed by atoms with E-state index in [2.05, 4.69) is 0 Å². The average molecular weight is 506 g/mol. The van der Waals surface area contributed by atoms with Gasteiger partial charge in [0, 0.05) is 0 Å². The molecule has 0 N–H and O–H groups in total. The molecule has 7 nitrogen and oxygen atoms in total.